The van der Waals surface area contributed by atoms with Crippen LogP contribution in [0, 0.1) is 0 Å². The molecule has 0 amide bonds. The molecule has 2 N–H and O–H groups in total. The fraction of sp³-hybridized carbons (Fsp3) is 0.333. The van der Waals surface area contributed by atoms with Crippen molar-refractivity contribution in [2.75, 3.05) is 19.4 Å². The molecular weight excluding hydrogens is 260 g/mol. The maximum Gasteiger partial charge on any atom is 0.123 e. The number of hydrogen-bond acceptors (Lipinski definition) is 3. The Kier molecular flexibility index (Phi) is 5.64. The Balaban J connectivity index is 2.14. The second-order valence-electron chi connectivity index (χ2n) is 5.27. The molecule has 2 aromatic rings. The summed E-state index contributed by atoms with van der Waals surface area (Å²) in [5, 5.41) is 0. The van der Waals surface area contributed by atoms with E-state index in [1.807, 2.05) is 18.2 Å². The van der Waals surface area contributed by atoms with E-state index in [0.717, 1.165) is 43.1 Å². The monoisotopic (exact) mass is 284 g/mol. The Morgan fingerprint density at radius 1 is 1.05 bits per heavy atom. The second kappa shape index (κ2) is 7.70. The Labute approximate surface area is 127 Å². The molecule has 0 unspecified atom stereocenters. The lowest BCUT2D eigenvalue weighted by molar-refractivity contribution is 0.253. The lowest BCUT2D eigenvalue weighted by Gasteiger charge is -2.23. The molecule has 0 radical (unpaired) electrons. The number of nitrogens with two attached hydrogens (primary N) is 1. The van der Waals surface area contributed by atoms with E-state index >= 15 is 0 Å². The molecule has 0 aromatic heterocycles. The van der Waals surface area contributed by atoms with Gasteiger partial charge in [-0.3, -0.25) is 4.90 Å². The quantitative estimate of drug-likeness (QED) is 0.788. The highest BCUT2D eigenvalue weighted by atomic mass is 16.5. The van der Waals surface area contributed by atoms with Crippen LogP contribution in [0.2, 0.25) is 0 Å². The minimum Gasteiger partial charge on any atom is -0.496 e. The molecule has 21 heavy (non-hydrogen) atoms. The molecule has 0 saturated carbocycles. The number of hydrogen-bond donors (Lipinski definition) is 1. The molecule has 0 aliphatic rings. The maximum atomic E-state index is 5.91. The van der Waals surface area contributed by atoms with Crippen LogP contribution in [-0.2, 0) is 13.1 Å². The summed E-state index contributed by atoms with van der Waals surface area (Å²) >= 11 is 0. The van der Waals surface area contributed by atoms with Crippen molar-refractivity contribution in [1.82, 2.24) is 4.90 Å². The van der Waals surface area contributed by atoms with Gasteiger partial charge in [-0.1, -0.05) is 37.3 Å². The van der Waals surface area contributed by atoms with E-state index in [1.54, 1.807) is 7.11 Å². The summed E-state index contributed by atoms with van der Waals surface area (Å²) in [6.07, 6.45) is 1.12. The molecule has 0 bridgehead atoms. The van der Waals surface area contributed by atoms with E-state index in [-0.39, 0.29) is 0 Å². The molecule has 3 heteroatoms. The SMILES string of the molecule is CCCN(Cc1ccccc1)Cc1cc(N)ccc1OC. The maximum absolute atomic E-state index is 5.91. The van der Waals surface area contributed by atoms with Gasteiger partial charge < -0.3 is 10.5 Å². The predicted octanol–water partition coefficient (Wildman–Crippen LogP) is 3.69. The van der Waals surface area contributed by atoms with Crippen molar-refractivity contribution in [2.45, 2.75) is 26.4 Å². The number of nitrogen functional groups attached to an aromatic ring is 1. The highest BCUT2D eigenvalue weighted by Gasteiger charge is 2.10. The summed E-state index contributed by atoms with van der Waals surface area (Å²) in [6.45, 7) is 5.03. The minimum absolute atomic E-state index is 0.780. The standard InChI is InChI=1S/C18H24N2O/c1-3-11-20(13-15-7-5-4-6-8-15)14-16-12-17(19)9-10-18(16)21-2/h4-10,12H,3,11,13-14,19H2,1-2H3. The molecule has 0 fully saturated rings. The smallest absolute Gasteiger partial charge is 0.123 e. The van der Waals surface area contributed by atoms with Crippen LogP contribution in [0.15, 0.2) is 48.5 Å². The van der Waals surface area contributed by atoms with Crippen LogP contribution in [0.5, 0.6) is 5.75 Å². The molecule has 0 saturated heterocycles. The van der Waals surface area contributed by atoms with Gasteiger partial charge in [-0.2, -0.15) is 0 Å². The fourth-order valence-electron chi connectivity index (χ4n) is 2.53. The lowest BCUT2D eigenvalue weighted by Crippen LogP contribution is -2.24. The highest BCUT2D eigenvalue weighted by molar-refractivity contribution is 5.47. The van der Waals surface area contributed by atoms with Gasteiger partial charge in [0, 0.05) is 24.3 Å². The van der Waals surface area contributed by atoms with Crippen molar-refractivity contribution in [3.05, 3.63) is 59.7 Å². The van der Waals surface area contributed by atoms with E-state index in [2.05, 4.69) is 42.2 Å². The largest absolute Gasteiger partial charge is 0.496 e. The third kappa shape index (κ3) is 4.50. The van der Waals surface area contributed by atoms with E-state index < -0.39 is 0 Å². The van der Waals surface area contributed by atoms with Gasteiger partial charge in [-0.25, -0.2) is 0 Å². The Bertz CT molecular complexity index is 554. The fourth-order valence-corrected chi connectivity index (χ4v) is 2.53. The third-order valence-corrected chi connectivity index (χ3v) is 3.49. The van der Waals surface area contributed by atoms with Crippen LogP contribution in [0.3, 0.4) is 0 Å². The van der Waals surface area contributed by atoms with Crippen molar-refractivity contribution in [1.29, 1.82) is 0 Å². The molecule has 0 spiro atoms. The van der Waals surface area contributed by atoms with Gasteiger partial charge in [-0.05, 0) is 36.7 Å². The van der Waals surface area contributed by atoms with E-state index in [9.17, 15) is 0 Å². The van der Waals surface area contributed by atoms with E-state index in [0.29, 0.717) is 0 Å². The number of ether oxygens (including phenoxy) is 1. The molecule has 2 rings (SSSR count). The first-order valence-electron chi connectivity index (χ1n) is 7.41. The zero-order valence-corrected chi connectivity index (χ0v) is 12.9. The number of anilines is 1. The van der Waals surface area contributed by atoms with E-state index in [4.69, 9.17) is 10.5 Å². The van der Waals surface area contributed by atoms with Crippen molar-refractivity contribution in [3.63, 3.8) is 0 Å². The summed E-state index contributed by atoms with van der Waals surface area (Å²) in [7, 11) is 1.70. The average Bonchev–Trinajstić information content (AvgIpc) is 2.49. The second-order valence-corrected chi connectivity index (χ2v) is 5.27. The Morgan fingerprint density at radius 3 is 2.48 bits per heavy atom. The molecule has 0 aliphatic heterocycles. The summed E-state index contributed by atoms with van der Waals surface area (Å²) in [5.41, 5.74) is 9.16. The number of methoxy groups -OCH3 is 1. The number of nitrogens with zero attached hydrogens (tertiary/aromatic N) is 1. The van der Waals surface area contributed by atoms with Crippen LogP contribution >= 0.6 is 0 Å². The Morgan fingerprint density at radius 2 is 1.81 bits per heavy atom. The third-order valence-electron chi connectivity index (χ3n) is 3.49. The van der Waals surface area contributed by atoms with Crippen molar-refractivity contribution >= 4 is 5.69 Å². The molecule has 2 aromatic carbocycles. The van der Waals surface area contributed by atoms with E-state index in [1.165, 1.54) is 5.56 Å². The topological polar surface area (TPSA) is 38.5 Å². The van der Waals surface area contributed by atoms with Gasteiger partial charge in [0.1, 0.15) is 5.75 Å². The average molecular weight is 284 g/mol. The highest BCUT2D eigenvalue weighted by Crippen LogP contribution is 2.23. The molecule has 3 nitrogen and oxygen atoms in total. The molecule has 0 heterocycles. The molecule has 0 aliphatic carbocycles. The Hall–Kier alpha value is -2.00. The number of rotatable bonds is 7. The molecular formula is C18H24N2O. The van der Waals surface area contributed by atoms with Crippen molar-refractivity contribution in [2.24, 2.45) is 0 Å². The van der Waals surface area contributed by atoms with Crippen LogP contribution in [0.4, 0.5) is 5.69 Å². The summed E-state index contributed by atoms with van der Waals surface area (Å²) in [4.78, 5) is 2.42. The molecule has 0 atom stereocenters. The van der Waals surface area contributed by atoms with Crippen LogP contribution in [0.1, 0.15) is 24.5 Å². The molecule has 112 valence electrons. The first-order chi connectivity index (χ1) is 10.2. The lowest BCUT2D eigenvalue weighted by atomic mass is 10.1. The van der Waals surface area contributed by atoms with Crippen LogP contribution in [-0.4, -0.2) is 18.6 Å². The van der Waals surface area contributed by atoms with Crippen LogP contribution in [0.25, 0.3) is 0 Å². The zero-order valence-electron chi connectivity index (χ0n) is 12.9. The first kappa shape index (κ1) is 15.4. The summed E-state index contributed by atoms with van der Waals surface area (Å²) in [5.74, 6) is 0.901. The zero-order chi connectivity index (χ0) is 15.1. The summed E-state index contributed by atoms with van der Waals surface area (Å²) < 4.78 is 5.45. The predicted molar refractivity (Wildman–Crippen MR) is 88.3 cm³/mol. The van der Waals surface area contributed by atoms with Crippen molar-refractivity contribution in [3.8, 4) is 5.75 Å². The van der Waals surface area contributed by atoms with Gasteiger partial charge in [-0.15, -0.1) is 0 Å². The van der Waals surface area contributed by atoms with Crippen molar-refractivity contribution < 1.29 is 4.74 Å². The normalized spacial score (nSPS) is 10.8. The van der Waals surface area contributed by atoms with Gasteiger partial charge in [0.15, 0.2) is 0 Å². The minimum atomic E-state index is 0.780. The van der Waals surface area contributed by atoms with Gasteiger partial charge in [0.05, 0.1) is 7.11 Å². The summed E-state index contributed by atoms with van der Waals surface area (Å²) in [6, 6.07) is 16.4. The van der Waals surface area contributed by atoms with Crippen LogP contribution < -0.4 is 10.5 Å². The first-order valence-corrected chi connectivity index (χ1v) is 7.41. The van der Waals surface area contributed by atoms with Gasteiger partial charge in [0.2, 0.25) is 0 Å². The van der Waals surface area contributed by atoms with Gasteiger partial charge in [0.25, 0.3) is 0 Å². The number of benzene rings is 2. The van der Waals surface area contributed by atoms with Gasteiger partial charge >= 0.3 is 0 Å².